The summed E-state index contributed by atoms with van der Waals surface area (Å²) in [5.74, 6) is -0.396. The summed E-state index contributed by atoms with van der Waals surface area (Å²) >= 11 is 0. The minimum atomic E-state index is -0.958. The van der Waals surface area contributed by atoms with Gasteiger partial charge in [-0.15, -0.1) is 0 Å². The fourth-order valence-corrected chi connectivity index (χ4v) is 1.02. The first-order valence-electron chi connectivity index (χ1n) is 3.68. The number of ether oxygens (including phenoxy) is 1. The highest BCUT2D eigenvalue weighted by Gasteiger charge is 2.45. The Kier molecular flexibility index (Phi) is 2.22. The lowest BCUT2D eigenvalue weighted by molar-refractivity contribution is -0.136. The molecule has 6 heteroatoms. The molecule has 3 amide bonds. The van der Waals surface area contributed by atoms with Gasteiger partial charge in [0.25, 0.3) is 12.4 Å². The molecular weight excluding hydrogens is 176 g/mol. The van der Waals surface area contributed by atoms with Crippen LogP contribution in [-0.2, 0) is 14.3 Å². The molecule has 0 aliphatic carbocycles. The summed E-state index contributed by atoms with van der Waals surface area (Å²) in [5.41, 5.74) is -0.958. The van der Waals surface area contributed by atoms with Crippen LogP contribution in [0.5, 0.6) is 0 Å². The smallest absolute Gasteiger partial charge is 0.327 e. The van der Waals surface area contributed by atoms with E-state index in [0.717, 1.165) is 4.90 Å². The SMILES string of the molecule is CC1(C)C(=O)NC(=O)N1COC=O. The highest BCUT2D eigenvalue weighted by atomic mass is 16.5. The number of carbonyl (C=O) groups is 3. The zero-order chi connectivity index (χ0) is 10.1. The number of urea groups is 1. The van der Waals surface area contributed by atoms with E-state index in [4.69, 9.17) is 0 Å². The summed E-state index contributed by atoms with van der Waals surface area (Å²) in [6.45, 7) is 3.16. The lowest BCUT2D eigenvalue weighted by Crippen LogP contribution is -2.45. The first-order chi connectivity index (χ1) is 6.00. The molecule has 0 spiro atoms. The third-order valence-corrected chi connectivity index (χ3v) is 1.97. The Morgan fingerprint density at radius 3 is 2.54 bits per heavy atom. The first kappa shape index (κ1) is 9.50. The van der Waals surface area contributed by atoms with Gasteiger partial charge in [0.1, 0.15) is 5.54 Å². The van der Waals surface area contributed by atoms with Crippen LogP contribution in [0.1, 0.15) is 13.8 Å². The molecule has 1 fully saturated rings. The van der Waals surface area contributed by atoms with Crippen LogP contribution < -0.4 is 5.32 Å². The Morgan fingerprint density at radius 1 is 1.54 bits per heavy atom. The maximum Gasteiger partial charge on any atom is 0.327 e. The van der Waals surface area contributed by atoms with E-state index in [2.05, 4.69) is 10.1 Å². The van der Waals surface area contributed by atoms with Crippen molar-refractivity contribution in [2.24, 2.45) is 0 Å². The molecule has 13 heavy (non-hydrogen) atoms. The molecule has 0 unspecified atom stereocenters. The van der Waals surface area contributed by atoms with E-state index >= 15 is 0 Å². The highest BCUT2D eigenvalue weighted by molar-refractivity contribution is 6.06. The normalized spacial score (nSPS) is 20.0. The van der Waals surface area contributed by atoms with E-state index in [9.17, 15) is 14.4 Å². The van der Waals surface area contributed by atoms with Crippen LogP contribution in [0.25, 0.3) is 0 Å². The van der Waals surface area contributed by atoms with Gasteiger partial charge in [0.2, 0.25) is 0 Å². The molecule has 0 aromatic rings. The third-order valence-electron chi connectivity index (χ3n) is 1.97. The van der Waals surface area contributed by atoms with Crippen molar-refractivity contribution in [1.29, 1.82) is 0 Å². The van der Waals surface area contributed by atoms with Gasteiger partial charge < -0.3 is 4.74 Å². The van der Waals surface area contributed by atoms with Crippen LogP contribution in [0.3, 0.4) is 0 Å². The van der Waals surface area contributed by atoms with Crippen LogP contribution in [0.4, 0.5) is 4.79 Å². The van der Waals surface area contributed by atoms with Gasteiger partial charge in [-0.3, -0.25) is 19.8 Å². The molecule has 6 nitrogen and oxygen atoms in total. The zero-order valence-corrected chi connectivity index (χ0v) is 7.36. The number of imide groups is 1. The van der Waals surface area contributed by atoms with Crippen LogP contribution in [0, 0.1) is 0 Å². The quantitative estimate of drug-likeness (QED) is 0.474. The molecule has 72 valence electrons. The second kappa shape index (κ2) is 3.04. The third kappa shape index (κ3) is 1.47. The molecule has 1 aliphatic rings. The van der Waals surface area contributed by atoms with E-state index in [1.165, 1.54) is 0 Å². The van der Waals surface area contributed by atoms with Gasteiger partial charge in [0.15, 0.2) is 6.73 Å². The molecular formula is C7H10N2O4. The largest absolute Gasteiger partial charge is 0.446 e. The average molecular weight is 186 g/mol. The molecule has 1 rings (SSSR count). The van der Waals surface area contributed by atoms with Crippen LogP contribution in [-0.4, -0.2) is 35.6 Å². The van der Waals surface area contributed by atoms with Crippen LogP contribution >= 0.6 is 0 Å². The molecule has 0 aromatic carbocycles. The van der Waals surface area contributed by atoms with Crippen molar-refractivity contribution in [3.05, 3.63) is 0 Å². The Morgan fingerprint density at radius 2 is 2.15 bits per heavy atom. The van der Waals surface area contributed by atoms with Gasteiger partial charge in [0, 0.05) is 0 Å². The Balaban J connectivity index is 2.76. The standard InChI is InChI=1S/C7H10N2O4/c1-7(2)5(11)8-6(12)9(7)3-13-4-10/h4H,3H2,1-2H3,(H,8,11,12). The molecule has 1 saturated heterocycles. The van der Waals surface area contributed by atoms with Crippen molar-refractivity contribution in [2.45, 2.75) is 19.4 Å². The highest BCUT2D eigenvalue weighted by Crippen LogP contribution is 2.19. The van der Waals surface area contributed by atoms with Gasteiger partial charge in [-0.1, -0.05) is 0 Å². The second-order valence-corrected chi connectivity index (χ2v) is 3.14. The fourth-order valence-electron chi connectivity index (χ4n) is 1.02. The number of hydrogen-bond donors (Lipinski definition) is 1. The molecule has 0 radical (unpaired) electrons. The molecule has 1 heterocycles. The molecule has 0 bridgehead atoms. The lowest BCUT2D eigenvalue weighted by Gasteiger charge is -2.26. The maximum absolute atomic E-state index is 11.2. The van der Waals surface area contributed by atoms with E-state index in [1.807, 2.05) is 0 Å². The van der Waals surface area contributed by atoms with E-state index in [0.29, 0.717) is 0 Å². The van der Waals surface area contributed by atoms with Crippen molar-refractivity contribution in [3.8, 4) is 0 Å². The fraction of sp³-hybridized carbons (Fsp3) is 0.571. The minimum Gasteiger partial charge on any atom is -0.446 e. The summed E-state index contributed by atoms with van der Waals surface area (Å²) in [7, 11) is 0. The van der Waals surface area contributed by atoms with Crippen LogP contribution in [0.15, 0.2) is 0 Å². The number of carbonyl (C=O) groups excluding carboxylic acids is 3. The Labute approximate surface area is 74.8 Å². The molecule has 0 aromatic heterocycles. The number of rotatable bonds is 3. The van der Waals surface area contributed by atoms with E-state index < -0.39 is 17.5 Å². The maximum atomic E-state index is 11.2. The van der Waals surface area contributed by atoms with Crippen molar-refractivity contribution in [3.63, 3.8) is 0 Å². The Bertz CT molecular complexity index is 261. The first-order valence-corrected chi connectivity index (χ1v) is 3.68. The summed E-state index contributed by atoms with van der Waals surface area (Å²) in [6.07, 6.45) is 0. The molecule has 0 saturated carbocycles. The molecule has 1 N–H and O–H groups in total. The summed E-state index contributed by atoms with van der Waals surface area (Å²) < 4.78 is 4.40. The number of amides is 3. The van der Waals surface area contributed by atoms with Crippen molar-refractivity contribution < 1.29 is 19.1 Å². The van der Waals surface area contributed by atoms with Crippen molar-refractivity contribution in [1.82, 2.24) is 10.2 Å². The van der Waals surface area contributed by atoms with Gasteiger partial charge in [-0.25, -0.2) is 4.79 Å². The van der Waals surface area contributed by atoms with Gasteiger partial charge >= 0.3 is 6.03 Å². The number of hydrogen-bond acceptors (Lipinski definition) is 4. The molecule has 1 aliphatic heterocycles. The monoisotopic (exact) mass is 186 g/mol. The average Bonchev–Trinajstić information content (AvgIpc) is 2.21. The second-order valence-electron chi connectivity index (χ2n) is 3.14. The Hall–Kier alpha value is -1.59. The van der Waals surface area contributed by atoms with Gasteiger partial charge in [-0.05, 0) is 13.8 Å². The predicted octanol–water partition coefficient (Wildman–Crippen LogP) is -0.553. The lowest BCUT2D eigenvalue weighted by atomic mass is 10.1. The number of nitrogens with one attached hydrogen (secondary N) is 1. The van der Waals surface area contributed by atoms with Crippen LogP contribution in [0.2, 0.25) is 0 Å². The summed E-state index contributed by atoms with van der Waals surface area (Å²) in [5, 5.41) is 2.12. The van der Waals surface area contributed by atoms with Crippen molar-refractivity contribution in [2.75, 3.05) is 6.73 Å². The zero-order valence-electron chi connectivity index (χ0n) is 7.36. The van der Waals surface area contributed by atoms with Crippen molar-refractivity contribution >= 4 is 18.4 Å². The predicted molar refractivity (Wildman–Crippen MR) is 41.5 cm³/mol. The minimum absolute atomic E-state index is 0.214. The molecule has 0 atom stereocenters. The van der Waals surface area contributed by atoms with Gasteiger partial charge in [0.05, 0.1) is 0 Å². The van der Waals surface area contributed by atoms with E-state index in [1.54, 1.807) is 13.8 Å². The topological polar surface area (TPSA) is 75.7 Å². The summed E-state index contributed by atoms with van der Waals surface area (Å²) in [6, 6.07) is -0.545. The van der Waals surface area contributed by atoms with Gasteiger partial charge in [-0.2, -0.15) is 0 Å². The van der Waals surface area contributed by atoms with E-state index in [-0.39, 0.29) is 13.2 Å². The number of nitrogens with zero attached hydrogens (tertiary/aromatic N) is 1. The summed E-state index contributed by atoms with van der Waals surface area (Å²) in [4.78, 5) is 33.3.